The summed E-state index contributed by atoms with van der Waals surface area (Å²) in [4.78, 5) is 0. The van der Waals surface area contributed by atoms with E-state index in [1.807, 2.05) is 6.92 Å². The van der Waals surface area contributed by atoms with Crippen LogP contribution < -0.4 is 0 Å². The van der Waals surface area contributed by atoms with Crippen LogP contribution in [-0.4, -0.2) is 23.6 Å². The van der Waals surface area contributed by atoms with Crippen LogP contribution in [0.15, 0.2) is 0 Å². The fourth-order valence-corrected chi connectivity index (χ4v) is 4.72. The van der Waals surface area contributed by atoms with Gasteiger partial charge in [0.05, 0.1) is 6.10 Å². The zero-order valence-corrected chi connectivity index (χ0v) is 14.5. The average Bonchev–Trinajstić information content (AvgIpc) is 2.53. The van der Waals surface area contributed by atoms with E-state index in [-0.39, 0.29) is 11.8 Å². The van der Waals surface area contributed by atoms with Crippen molar-refractivity contribution >= 4 is 0 Å². The van der Waals surface area contributed by atoms with E-state index in [1.54, 1.807) is 0 Å². The van der Waals surface area contributed by atoms with Crippen molar-refractivity contribution in [3.63, 3.8) is 0 Å². The Hall–Kier alpha value is -0.180. The fourth-order valence-electron chi connectivity index (χ4n) is 4.72. The first-order valence-corrected chi connectivity index (χ1v) is 9.36. The van der Waals surface area contributed by atoms with Crippen molar-refractivity contribution in [3.05, 3.63) is 0 Å². The Morgan fingerprint density at radius 3 is 1.68 bits per heavy atom. The molecule has 0 amide bonds. The molecule has 1 N–H and O–H groups in total. The van der Waals surface area contributed by atoms with Gasteiger partial charge in [-0.1, -0.05) is 26.7 Å². The molecule has 22 heavy (non-hydrogen) atoms. The minimum Gasteiger partial charge on any atom is -0.390 e. The largest absolute Gasteiger partial charge is 0.390 e. The predicted molar refractivity (Wildman–Crippen MR) is 87.2 cm³/mol. The van der Waals surface area contributed by atoms with Crippen LogP contribution in [0.5, 0.6) is 0 Å². The van der Waals surface area contributed by atoms with Crippen molar-refractivity contribution in [1.82, 2.24) is 0 Å². The Bertz CT molecular complexity index is 317. The van der Waals surface area contributed by atoms with Crippen LogP contribution in [0.1, 0.15) is 72.1 Å². The number of hydrogen-bond donors (Lipinski definition) is 1. The summed E-state index contributed by atoms with van der Waals surface area (Å²) in [6, 6.07) is 0. The van der Waals surface area contributed by atoms with Crippen LogP contribution in [0.25, 0.3) is 0 Å². The molecule has 0 heterocycles. The highest BCUT2D eigenvalue weighted by atomic mass is 19.2. The van der Waals surface area contributed by atoms with E-state index in [2.05, 4.69) is 6.92 Å². The highest BCUT2D eigenvalue weighted by Crippen LogP contribution is 2.43. The van der Waals surface area contributed by atoms with Crippen molar-refractivity contribution in [2.24, 2.45) is 29.6 Å². The van der Waals surface area contributed by atoms with Crippen LogP contribution in [0, 0.1) is 29.6 Å². The van der Waals surface area contributed by atoms with E-state index in [0.29, 0.717) is 0 Å². The zero-order valence-electron chi connectivity index (χ0n) is 14.5. The van der Waals surface area contributed by atoms with Crippen molar-refractivity contribution in [1.29, 1.82) is 0 Å². The third-order valence-electron chi connectivity index (χ3n) is 6.55. The summed E-state index contributed by atoms with van der Waals surface area (Å²) in [5.41, 5.74) is 0. The molecule has 4 unspecified atom stereocenters. The quantitative estimate of drug-likeness (QED) is 0.728. The molecule has 0 bridgehead atoms. The van der Waals surface area contributed by atoms with Gasteiger partial charge in [0.1, 0.15) is 6.17 Å². The molecule has 0 aromatic carbocycles. The van der Waals surface area contributed by atoms with Gasteiger partial charge >= 0.3 is 0 Å². The topological polar surface area (TPSA) is 20.2 Å². The summed E-state index contributed by atoms with van der Waals surface area (Å²) in [7, 11) is 0. The van der Waals surface area contributed by atoms with Crippen molar-refractivity contribution < 1.29 is 13.9 Å². The van der Waals surface area contributed by atoms with Gasteiger partial charge < -0.3 is 5.11 Å². The van der Waals surface area contributed by atoms with Crippen LogP contribution in [0.3, 0.4) is 0 Å². The van der Waals surface area contributed by atoms with E-state index >= 15 is 0 Å². The second-order valence-corrected chi connectivity index (χ2v) is 8.18. The molecular formula is C19H34F2O. The third kappa shape index (κ3) is 4.43. The van der Waals surface area contributed by atoms with E-state index in [1.165, 1.54) is 45.4 Å². The van der Waals surface area contributed by atoms with Crippen LogP contribution >= 0.6 is 0 Å². The van der Waals surface area contributed by atoms with E-state index in [4.69, 9.17) is 0 Å². The molecule has 2 aliphatic carbocycles. The Morgan fingerprint density at radius 1 is 0.773 bits per heavy atom. The highest BCUT2D eigenvalue weighted by molar-refractivity contribution is 4.87. The Labute approximate surface area is 134 Å². The maximum Gasteiger partial charge on any atom is 0.157 e. The lowest BCUT2D eigenvalue weighted by molar-refractivity contribution is -0.00377. The van der Waals surface area contributed by atoms with Gasteiger partial charge in [-0.25, -0.2) is 8.78 Å². The van der Waals surface area contributed by atoms with Gasteiger partial charge in [0.25, 0.3) is 0 Å². The molecule has 0 aliphatic heterocycles. The summed E-state index contributed by atoms with van der Waals surface area (Å²) in [5.74, 6) is 2.58. The standard InChI is InChI=1S/C19H34F2O/c1-12-4-6-16(7-5-12)17-10-8-15(9-11-17)13(2)18(20)19(21)14(3)22/h12-19,22H,4-11H2,1-3H3. The lowest BCUT2D eigenvalue weighted by Crippen LogP contribution is -2.38. The van der Waals surface area contributed by atoms with Crippen molar-refractivity contribution in [2.45, 2.75) is 90.6 Å². The molecule has 2 rings (SSSR count). The maximum atomic E-state index is 14.2. The number of aliphatic hydroxyl groups excluding tert-OH is 1. The Kier molecular flexibility index (Phi) is 6.67. The minimum absolute atomic E-state index is 0.281. The molecule has 2 fully saturated rings. The third-order valence-corrected chi connectivity index (χ3v) is 6.55. The SMILES string of the molecule is CC1CCC(C2CCC(C(C)C(F)C(F)C(C)O)CC2)CC1. The number of alkyl halides is 2. The minimum atomic E-state index is -1.74. The van der Waals surface area contributed by atoms with Crippen LogP contribution in [0.4, 0.5) is 8.78 Å². The maximum absolute atomic E-state index is 14.2. The number of halogens is 2. The predicted octanol–water partition coefficient (Wildman–Crippen LogP) is 5.31. The second kappa shape index (κ2) is 8.08. The Morgan fingerprint density at radius 2 is 1.23 bits per heavy atom. The van der Waals surface area contributed by atoms with Crippen LogP contribution in [0.2, 0.25) is 0 Å². The molecule has 3 heteroatoms. The lowest BCUT2D eigenvalue weighted by atomic mass is 9.67. The summed E-state index contributed by atoms with van der Waals surface area (Å²) in [6.07, 6.45) is 5.42. The molecule has 2 saturated carbocycles. The summed E-state index contributed by atoms with van der Waals surface area (Å²) in [6.45, 7) is 5.52. The molecule has 0 aromatic heterocycles. The van der Waals surface area contributed by atoms with Gasteiger partial charge in [-0.2, -0.15) is 0 Å². The fraction of sp³-hybridized carbons (Fsp3) is 1.00. The van der Waals surface area contributed by atoms with Gasteiger partial charge in [-0.3, -0.25) is 0 Å². The van der Waals surface area contributed by atoms with E-state index in [0.717, 1.165) is 30.6 Å². The van der Waals surface area contributed by atoms with Crippen molar-refractivity contribution in [2.75, 3.05) is 0 Å². The highest BCUT2D eigenvalue weighted by Gasteiger charge is 2.37. The van der Waals surface area contributed by atoms with Gasteiger partial charge in [-0.15, -0.1) is 0 Å². The van der Waals surface area contributed by atoms with Gasteiger partial charge in [0.15, 0.2) is 6.17 Å². The summed E-state index contributed by atoms with van der Waals surface area (Å²) < 4.78 is 27.9. The molecule has 0 saturated heterocycles. The van der Waals surface area contributed by atoms with E-state index in [9.17, 15) is 13.9 Å². The molecular weight excluding hydrogens is 282 g/mol. The van der Waals surface area contributed by atoms with Gasteiger partial charge in [0, 0.05) is 0 Å². The van der Waals surface area contributed by atoms with Gasteiger partial charge in [-0.05, 0) is 75.0 Å². The average molecular weight is 316 g/mol. The first-order valence-electron chi connectivity index (χ1n) is 9.36. The molecule has 2 aliphatic rings. The molecule has 4 atom stereocenters. The summed E-state index contributed by atoms with van der Waals surface area (Å²) >= 11 is 0. The molecule has 1 nitrogen and oxygen atoms in total. The number of hydrogen-bond acceptors (Lipinski definition) is 1. The van der Waals surface area contributed by atoms with Gasteiger partial charge in [0.2, 0.25) is 0 Å². The summed E-state index contributed by atoms with van der Waals surface area (Å²) in [5, 5.41) is 9.26. The molecule has 130 valence electrons. The first kappa shape index (κ1) is 18.2. The lowest BCUT2D eigenvalue weighted by Gasteiger charge is -2.39. The first-order chi connectivity index (χ1) is 10.4. The smallest absolute Gasteiger partial charge is 0.157 e. The number of aliphatic hydroxyl groups is 1. The molecule has 0 radical (unpaired) electrons. The Balaban J connectivity index is 1.79. The van der Waals surface area contributed by atoms with Crippen LogP contribution in [-0.2, 0) is 0 Å². The van der Waals surface area contributed by atoms with E-state index < -0.39 is 18.4 Å². The molecule has 0 aromatic rings. The zero-order chi connectivity index (χ0) is 16.3. The van der Waals surface area contributed by atoms with Crippen molar-refractivity contribution in [3.8, 4) is 0 Å². The number of rotatable bonds is 5. The second-order valence-electron chi connectivity index (χ2n) is 8.18. The normalized spacial score (nSPS) is 39.0. The molecule has 0 spiro atoms. The monoisotopic (exact) mass is 316 g/mol.